The van der Waals surface area contributed by atoms with Gasteiger partial charge in [-0.25, -0.2) is 14.3 Å². The number of carbonyl (C=O) groups excluding carboxylic acids is 1. The number of esters is 1. The number of benzene rings is 1. The van der Waals surface area contributed by atoms with Crippen LogP contribution in [0.2, 0.25) is 0 Å². The monoisotopic (exact) mass is 596 g/mol. The second-order valence-electron chi connectivity index (χ2n) is 9.76. The van der Waals surface area contributed by atoms with E-state index in [0.29, 0.717) is 27.8 Å². The lowest BCUT2D eigenvalue weighted by Gasteiger charge is -2.24. The summed E-state index contributed by atoms with van der Waals surface area (Å²) in [6.07, 6.45) is -11.5. The number of halogens is 6. The first kappa shape index (κ1) is 33.7. The molecule has 0 saturated carbocycles. The predicted octanol–water partition coefficient (Wildman–Crippen LogP) is 4.86. The van der Waals surface area contributed by atoms with Gasteiger partial charge in [0.2, 0.25) is 5.82 Å². The van der Waals surface area contributed by atoms with Crippen LogP contribution in [0.1, 0.15) is 58.4 Å². The molecule has 1 heterocycles. The van der Waals surface area contributed by atoms with Crippen LogP contribution in [0, 0.1) is 0 Å². The molecule has 0 fully saturated rings. The smallest absolute Gasteiger partial charge is 0.389 e. The van der Waals surface area contributed by atoms with Crippen molar-refractivity contribution < 1.29 is 40.6 Å². The molecule has 41 heavy (non-hydrogen) atoms. The van der Waals surface area contributed by atoms with Gasteiger partial charge in [0.15, 0.2) is 5.60 Å². The van der Waals surface area contributed by atoms with Gasteiger partial charge in [-0.1, -0.05) is 12.1 Å². The third-order valence-corrected chi connectivity index (χ3v) is 5.77. The van der Waals surface area contributed by atoms with E-state index in [9.17, 15) is 40.7 Å². The molecule has 1 aromatic carbocycles. The van der Waals surface area contributed by atoms with E-state index in [1.807, 2.05) is 6.07 Å². The Hall–Kier alpha value is -3.52. The Morgan fingerprint density at radius 3 is 2.22 bits per heavy atom. The molecule has 0 aliphatic carbocycles. The van der Waals surface area contributed by atoms with Crippen molar-refractivity contribution in [3.05, 3.63) is 50.7 Å². The lowest BCUT2D eigenvalue weighted by molar-refractivity contribution is -0.158. The summed E-state index contributed by atoms with van der Waals surface area (Å²) in [5.41, 5.74) is -2.42. The molecule has 230 valence electrons. The molecule has 0 amide bonds. The topological polar surface area (TPSA) is 104 Å². The molecule has 0 bridgehead atoms. The Morgan fingerprint density at radius 1 is 0.976 bits per heavy atom. The summed E-state index contributed by atoms with van der Waals surface area (Å²) in [6, 6.07) is 6.96. The third-order valence-electron chi connectivity index (χ3n) is 5.77. The zero-order valence-electron chi connectivity index (χ0n) is 23.0. The summed E-state index contributed by atoms with van der Waals surface area (Å²) < 4.78 is 87.5. The highest BCUT2D eigenvalue weighted by molar-refractivity contribution is 5.79. The SMILES string of the molecule is CCOC(=O)C(C)(C)Oc1cccc(CCCNc2nn(CCCC(F)(F)F)c(=O)n(CCCC(F)(F)F)c2=O)c1. The molecule has 9 nitrogen and oxygen atoms in total. The average molecular weight is 597 g/mol. The van der Waals surface area contributed by atoms with Crippen LogP contribution in [-0.2, 0) is 29.0 Å². The summed E-state index contributed by atoms with van der Waals surface area (Å²) in [5, 5.41) is 6.59. The van der Waals surface area contributed by atoms with Crippen molar-refractivity contribution in [2.75, 3.05) is 18.5 Å². The quantitative estimate of drug-likeness (QED) is 0.178. The van der Waals surface area contributed by atoms with E-state index >= 15 is 0 Å². The molecule has 0 atom stereocenters. The van der Waals surface area contributed by atoms with Crippen LogP contribution < -0.4 is 21.3 Å². The Bertz CT molecular complexity index is 1270. The molecule has 0 aliphatic rings. The predicted molar refractivity (Wildman–Crippen MR) is 138 cm³/mol. The molecule has 0 unspecified atom stereocenters. The van der Waals surface area contributed by atoms with Crippen LogP contribution in [0.3, 0.4) is 0 Å². The van der Waals surface area contributed by atoms with Crippen LogP contribution in [0.25, 0.3) is 0 Å². The summed E-state index contributed by atoms with van der Waals surface area (Å²) >= 11 is 0. The van der Waals surface area contributed by atoms with Gasteiger partial charge < -0.3 is 14.8 Å². The minimum Gasteiger partial charge on any atom is -0.476 e. The van der Waals surface area contributed by atoms with Crippen molar-refractivity contribution in [1.82, 2.24) is 14.3 Å². The number of ether oxygens (including phenoxy) is 2. The normalized spacial score (nSPS) is 12.3. The molecule has 15 heteroatoms. The number of hydrogen-bond donors (Lipinski definition) is 1. The molecule has 2 aromatic rings. The lowest BCUT2D eigenvalue weighted by Crippen LogP contribution is -2.43. The fraction of sp³-hybridized carbons (Fsp3) is 0.615. The highest BCUT2D eigenvalue weighted by Gasteiger charge is 2.32. The molecular weight excluding hydrogens is 562 g/mol. The van der Waals surface area contributed by atoms with E-state index in [1.165, 1.54) is 0 Å². The van der Waals surface area contributed by atoms with E-state index in [2.05, 4.69) is 10.4 Å². The fourth-order valence-corrected chi connectivity index (χ4v) is 3.79. The summed E-state index contributed by atoms with van der Waals surface area (Å²) in [7, 11) is 0. The molecule has 0 spiro atoms. The zero-order valence-corrected chi connectivity index (χ0v) is 23.0. The maximum atomic E-state index is 12.8. The number of aryl methyl sites for hydroxylation is 2. The van der Waals surface area contributed by atoms with Gasteiger partial charge in [-0.15, -0.1) is 5.10 Å². The number of hydrogen-bond acceptors (Lipinski definition) is 7. The van der Waals surface area contributed by atoms with E-state index in [0.717, 1.165) is 5.56 Å². The number of anilines is 1. The summed E-state index contributed by atoms with van der Waals surface area (Å²) in [5.74, 6) is -0.439. The first-order chi connectivity index (χ1) is 19.0. The van der Waals surface area contributed by atoms with Gasteiger partial charge in [0.25, 0.3) is 5.56 Å². The highest BCUT2D eigenvalue weighted by atomic mass is 19.4. The molecule has 1 N–H and O–H groups in total. The zero-order chi connectivity index (χ0) is 30.8. The first-order valence-corrected chi connectivity index (χ1v) is 13.1. The minimum atomic E-state index is -4.50. The van der Waals surface area contributed by atoms with Gasteiger partial charge in [0, 0.05) is 32.5 Å². The van der Waals surface area contributed by atoms with Crippen molar-refractivity contribution >= 4 is 11.8 Å². The second kappa shape index (κ2) is 14.4. The Kier molecular flexibility index (Phi) is 11.8. The number of aromatic nitrogens is 3. The molecule has 1 aromatic heterocycles. The number of carbonyl (C=O) groups is 1. The van der Waals surface area contributed by atoms with Crippen molar-refractivity contribution in [1.29, 1.82) is 0 Å². The maximum Gasteiger partial charge on any atom is 0.389 e. The minimum absolute atomic E-state index is 0.158. The van der Waals surface area contributed by atoms with Crippen molar-refractivity contribution in [3.8, 4) is 5.75 Å². The molecule has 0 saturated heterocycles. The van der Waals surface area contributed by atoms with Crippen LogP contribution in [-0.4, -0.2) is 51.4 Å². The fourth-order valence-electron chi connectivity index (χ4n) is 3.79. The molecule has 0 aliphatic heterocycles. The van der Waals surface area contributed by atoms with Gasteiger partial charge in [-0.3, -0.25) is 9.36 Å². The molecular formula is C26H34F6N4O5. The van der Waals surface area contributed by atoms with Crippen LogP contribution in [0.4, 0.5) is 32.2 Å². The van der Waals surface area contributed by atoms with E-state index in [4.69, 9.17) is 9.47 Å². The Labute approximate surface area is 232 Å². The largest absolute Gasteiger partial charge is 0.476 e. The molecule has 0 radical (unpaired) electrons. The van der Waals surface area contributed by atoms with Crippen LogP contribution in [0.15, 0.2) is 33.9 Å². The van der Waals surface area contributed by atoms with Gasteiger partial charge in [0.1, 0.15) is 5.75 Å². The van der Waals surface area contributed by atoms with Gasteiger partial charge in [-0.05, 0) is 64.2 Å². The van der Waals surface area contributed by atoms with Crippen molar-refractivity contribution in [2.24, 2.45) is 0 Å². The average Bonchev–Trinajstić information content (AvgIpc) is 2.85. The number of nitrogens with one attached hydrogen (secondary N) is 1. The number of nitrogens with zero attached hydrogens (tertiary/aromatic N) is 3. The Morgan fingerprint density at radius 2 is 1.61 bits per heavy atom. The maximum absolute atomic E-state index is 12.8. The second-order valence-corrected chi connectivity index (χ2v) is 9.76. The third kappa shape index (κ3) is 11.5. The summed E-state index contributed by atoms with van der Waals surface area (Å²) in [6.45, 7) is 4.16. The molecule has 2 rings (SSSR count). The van der Waals surface area contributed by atoms with Gasteiger partial charge >= 0.3 is 24.0 Å². The van der Waals surface area contributed by atoms with Crippen molar-refractivity contribution in [2.45, 2.75) is 90.3 Å². The van der Waals surface area contributed by atoms with E-state index in [-0.39, 0.29) is 19.0 Å². The van der Waals surface area contributed by atoms with E-state index in [1.54, 1.807) is 39.0 Å². The summed E-state index contributed by atoms with van der Waals surface area (Å²) in [4.78, 5) is 37.5. The lowest BCUT2D eigenvalue weighted by atomic mass is 10.1. The standard InChI is InChI=1S/C26H34F6N4O5/c1-4-40-22(38)24(2,3)41-19-11-5-9-18(17-19)10-6-14-33-20-21(37)35(15-7-12-25(27,28)29)23(39)36(34-20)16-8-13-26(30,31)32/h5,9,11,17H,4,6-8,10,12-16H2,1-3H3,(H,33,34). The number of rotatable bonds is 15. The van der Waals surface area contributed by atoms with Gasteiger partial charge in [-0.2, -0.15) is 26.3 Å². The van der Waals surface area contributed by atoms with Crippen LogP contribution in [0.5, 0.6) is 5.75 Å². The van der Waals surface area contributed by atoms with Crippen LogP contribution >= 0.6 is 0 Å². The first-order valence-electron chi connectivity index (χ1n) is 13.1. The van der Waals surface area contributed by atoms with Gasteiger partial charge in [0.05, 0.1) is 6.61 Å². The number of alkyl halides is 6. The van der Waals surface area contributed by atoms with E-state index < -0.39 is 73.9 Å². The Balaban J connectivity index is 2.11. The van der Waals surface area contributed by atoms with Crippen molar-refractivity contribution in [3.63, 3.8) is 0 Å². The highest BCUT2D eigenvalue weighted by Crippen LogP contribution is 2.23.